The van der Waals surface area contributed by atoms with E-state index in [9.17, 15) is 9.59 Å². The lowest BCUT2D eigenvalue weighted by Gasteiger charge is -2.08. The summed E-state index contributed by atoms with van der Waals surface area (Å²) in [6, 6.07) is 9.91. The van der Waals surface area contributed by atoms with Gasteiger partial charge in [0.05, 0.1) is 6.10 Å². The molecule has 1 N–H and O–H groups in total. The highest BCUT2D eigenvalue weighted by Crippen LogP contribution is 2.02. The maximum atomic E-state index is 11.6. The van der Waals surface area contributed by atoms with Crippen molar-refractivity contribution in [2.75, 3.05) is 6.54 Å². The van der Waals surface area contributed by atoms with E-state index in [1.165, 1.54) is 0 Å². The second-order valence-electron chi connectivity index (χ2n) is 4.98. The molecular weight excluding hydrogens is 254 g/mol. The van der Waals surface area contributed by atoms with Gasteiger partial charge < -0.3 is 10.1 Å². The third-order valence-corrected chi connectivity index (χ3v) is 2.73. The maximum Gasteiger partial charge on any atom is 0.306 e. The molecule has 20 heavy (non-hydrogen) atoms. The molecule has 0 saturated carbocycles. The highest BCUT2D eigenvalue weighted by atomic mass is 16.5. The molecule has 0 unspecified atom stereocenters. The van der Waals surface area contributed by atoms with Crippen LogP contribution in [0.5, 0.6) is 0 Å². The van der Waals surface area contributed by atoms with Gasteiger partial charge in [-0.25, -0.2) is 0 Å². The standard InChI is InChI=1S/C16H23NO3/c1-13(2)20-16(19)9-6-12-17-15(18)11-10-14-7-4-3-5-8-14/h3-5,7-8,13H,6,9-12H2,1-2H3,(H,17,18). The van der Waals surface area contributed by atoms with Crippen molar-refractivity contribution in [2.24, 2.45) is 0 Å². The van der Waals surface area contributed by atoms with Gasteiger partial charge in [-0.05, 0) is 32.3 Å². The van der Waals surface area contributed by atoms with Crippen molar-refractivity contribution in [3.8, 4) is 0 Å². The molecule has 0 aromatic heterocycles. The number of hydrogen-bond donors (Lipinski definition) is 1. The largest absolute Gasteiger partial charge is 0.463 e. The van der Waals surface area contributed by atoms with Crippen LogP contribution in [-0.2, 0) is 20.7 Å². The lowest BCUT2D eigenvalue weighted by atomic mass is 10.1. The van der Waals surface area contributed by atoms with Crippen LogP contribution >= 0.6 is 0 Å². The van der Waals surface area contributed by atoms with Crippen LogP contribution in [0.3, 0.4) is 0 Å². The van der Waals surface area contributed by atoms with Gasteiger partial charge in [0.2, 0.25) is 5.91 Å². The van der Waals surface area contributed by atoms with Crippen LogP contribution in [0.4, 0.5) is 0 Å². The number of hydrogen-bond acceptors (Lipinski definition) is 3. The summed E-state index contributed by atoms with van der Waals surface area (Å²) in [6.07, 6.45) is 2.09. The van der Waals surface area contributed by atoms with E-state index in [2.05, 4.69) is 5.32 Å². The Morgan fingerprint density at radius 2 is 1.85 bits per heavy atom. The minimum Gasteiger partial charge on any atom is -0.463 e. The molecule has 0 saturated heterocycles. The Morgan fingerprint density at radius 1 is 1.15 bits per heavy atom. The van der Waals surface area contributed by atoms with Crippen molar-refractivity contribution in [1.29, 1.82) is 0 Å². The van der Waals surface area contributed by atoms with E-state index in [1.54, 1.807) is 0 Å². The van der Waals surface area contributed by atoms with Gasteiger partial charge >= 0.3 is 5.97 Å². The summed E-state index contributed by atoms with van der Waals surface area (Å²) in [5.41, 5.74) is 1.16. The number of rotatable bonds is 8. The summed E-state index contributed by atoms with van der Waals surface area (Å²) in [6.45, 7) is 4.16. The Morgan fingerprint density at radius 3 is 2.50 bits per heavy atom. The summed E-state index contributed by atoms with van der Waals surface area (Å²) in [7, 11) is 0. The summed E-state index contributed by atoms with van der Waals surface area (Å²) in [5.74, 6) is -0.190. The number of amides is 1. The minimum absolute atomic E-state index is 0.0195. The van der Waals surface area contributed by atoms with E-state index < -0.39 is 0 Å². The smallest absolute Gasteiger partial charge is 0.306 e. The highest BCUT2D eigenvalue weighted by Gasteiger charge is 2.06. The van der Waals surface area contributed by atoms with E-state index in [4.69, 9.17) is 4.74 Å². The van der Waals surface area contributed by atoms with Crippen molar-refractivity contribution >= 4 is 11.9 Å². The predicted molar refractivity (Wildman–Crippen MR) is 78.2 cm³/mol. The van der Waals surface area contributed by atoms with Crippen LogP contribution in [0.25, 0.3) is 0 Å². The Hall–Kier alpha value is -1.84. The lowest BCUT2D eigenvalue weighted by molar-refractivity contribution is -0.147. The van der Waals surface area contributed by atoms with Crippen LogP contribution in [0.15, 0.2) is 30.3 Å². The molecule has 1 amide bonds. The molecule has 0 heterocycles. The quantitative estimate of drug-likeness (QED) is 0.586. The molecule has 1 rings (SSSR count). The van der Waals surface area contributed by atoms with Crippen molar-refractivity contribution in [3.05, 3.63) is 35.9 Å². The average molecular weight is 277 g/mol. The first-order chi connectivity index (χ1) is 9.58. The molecule has 0 fully saturated rings. The molecule has 4 nitrogen and oxygen atoms in total. The first-order valence-electron chi connectivity index (χ1n) is 7.08. The number of nitrogens with one attached hydrogen (secondary N) is 1. The summed E-state index contributed by atoms with van der Waals surface area (Å²) < 4.78 is 5.01. The van der Waals surface area contributed by atoms with Crippen molar-refractivity contribution in [2.45, 2.75) is 45.6 Å². The van der Waals surface area contributed by atoms with Gasteiger partial charge in [0.15, 0.2) is 0 Å². The number of carbonyl (C=O) groups is 2. The van der Waals surface area contributed by atoms with Crippen LogP contribution in [-0.4, -0.2) is 24.5 Å². The summed E-state index contributed by atoms with van der Waals surface area (Å²) in [5, 5.41) is 2.81. The topological polar surface area (TPSA) is 55.4 Å². The molecule has 0 atom stereocenters. The summed E-state index contributed by atoms with van der Waals surface area (Å²) >= 11 is 0. The van der Waals surface area contributed by atoms with Crippen molar-refractivity contribution in [1.82, 2.24) is 5.32 Å². The number of ether oxygens (including phenoxy) is 1. The molecule has 110 valence electrons. The van der Waals surface area contributed by atoms with Gasteiger partial charge in [0, 0.05) is 19.4 Å². The fraction of sp³-hybridized carbons (Fsp3) is 0.500. The van der Waals surface area contributed by atoms with Crippen LogP contribution in [0.2, 0.25) is 0 Å². The third-order valence-electron chi connectivity index (χ3n) is 2.73. The van der Waals surface area contributed by atoms with Crippen molar-refractivity contribution < 1.29 is 14.3 Å². The number of aryl methyl sites for hydroxylation is 1. The zero-order valence-electron chi connectivity index (χ0n) is 12.2. The molecule has 0 aliphatic rings. The van der Waals surface area contributed by atoms with E-state index in [0.717, 1.165) is 12.0 Å². The van der Waals surface area contributed by atoms with Crippen molar-refractivity contribution in [3.63, 3.8) is 0 Å². The molecule has 0 aliphatic carbocycles. The number of benzene rings is 1. The first kappa shape index (κ1) is 16.2. The Balaban J connectivity index is 2.07. The van der Waals surface area contributed by atoms with Gasteiger partial charge in [0.25, 0.3) is 0 Å². The lowest BCUT2D eigenvalue weighted by Crippen LogP contribution is -2.25. The van der Waals surface area contributed by atoms with Crippen LogP contribution < -0.4 is 5.32 Å². The molecule has 0 aliphatic heterocycles. The van der Waals surface area contributed by atoms with E-state index in [1.807, 2.05) is 44.2 Å². The fourth-order valence-electron chi connectivity index (χ4n) is 1.77. The second kappa shape index (κ2) is 9.13. The van der Waals surface area contributed by atoms with E-state index >= 15 is 0 Å². The molecule has 1 aromatic carbocycles. The Kier molecular flexibility index (Phi) is 7.40. The molecule has 0 bridgehead atoms. The van der Waals surface area contributed by atoms with Crippen LogP contribution in [0, 0.1) is 0 Å². The van der Waals surface area contributed by atoms with Gasteiger partial charge in [-0.1, -0.05) is 30.3 Å². The molecule has 0 radical (unpaired) electrons. The molecular formula is C16H23NO3. The predicted octanol–water partition coefficient (Wildman–Crippen LogP) is 2.47. The normalized spacial score (nSPS) is 10.3. The van der Waals surface area contributed by atoms with Gasteiger partial charge in [-0.2, -0.15) is 0 Å². The van der Waals surface area contributed by atoms with Crippen LogP contribution in [0.1, 0.15) is 38.7 Å². The maximum absolute atomic E-state index is 11.6. The Labute approximate surface area is 120 Å². The second-order valence-corrected chi connectivity index (χ2v) is 4.98. The fourth-order valence-corrected chi connectivity index (χ4v) is 1.77. The van der Waals surface area contributed by atoms with Gasteiger partial charge in [0.1, 0.15) is 0 Å². The zero-order chi connectivity index (χ0) is 14.8. The van der Waals surface area contributed by atoms with E-state index in [0.29, 0.717) is 25.8 Å². The molecule has 0 spiro atoms. The van der Waals surface area contributed by atoms with Gasteiger partial charge in [-0.15, -0.1) is 0 Å². The van der Waals surface area contributed by atoms with E-state index in [-0.39, 0.29) is 18.0 Å². The molecule has 4 heteroatoms. The zero-order valence-corrected chi connectivity index (χ0v) is 12.2. The SMILES string of the molecule is CC(C)OC(=O)CCCNC(=O)CCc1ccccc1. The van der Waals surface area contributed by atoms with Gasteiger partial charge in [-0.3, -0.25) is 9.59 Å². The number of esters is 1. The highest BCUT2D eigenvalue weighted by molar-refractivity contribution is 5.76. The monoisotopic (exact) mass is 277 g/mol. The number of carbonyl (C=O) groups excluding carboxylic acids is 2. The Bertz CT molecular complexity index is 415. The average Bonchev–Trinajstić information content (AvgIpc) is 2.42. The molecule has 1 aromatic rings. The summed E-state index contributed by atoms with van der Waals surface area (Å²) in [4.78, 5) is 22.9. The third kappa shape index (κ3) is 7.56. The first-order valence-corrected chi connectivity index (χ1v) is 7.08. The minimum atomic E-state index is -0.210.